The Balaban J connectivity index is 1.27. The highest BCUT2D eigenvalue weighted by atomic mass is 15.2. The molecule has 2 saturated heterocycles. The molecule has 6 heteroatoms. The Morgan fingerprint density at radius 2 is 1.29 bits per heavy atom. The van der Waals surface area contributed by atoms with Crippen molar-refractivity contribution in [2.24, 2.45) is 0 Å². The molecule has 2 aliphatic rings. The van der Waals surface area contributed by atoms with E-state index < -0.39 is 0 Å². The first kappa shape index (κ1) is 26.0. The van der Waals surface area contributed by atoms with Gasteiger partial charge in [-0.2, -0.15) is 0 Å². The van der Waals surface area contributed by atoms with Crippen molar-refractivity contribution in [1.82, 2.24) is 20.9 Å². The Kier molecular flexibility index (Phi) is 11.2. The number of anilines is 2. The normalized spacial score (nSPS) is 19.7. The molecule has 0 bridgehead atoms. The van der Waals surface area contributed by atoms with E-state index in [-0.39, 0.29) is 0 Å². The quantitative estimate of drug-likeness (QED) is 0.509. The van der Waals surface area contributed by atoms with E-state index in [1.807, 2.05) is 0 Å². The number of rotatable bonds is 6. The third-order valence-corrected chi connectivity index (χ3v) is 7.13. The van der Waals surface area contributed by atoms with E-state index in [4.69, 9.17) is 0 Å². The molecular formula is C29H46N6. The van der Waals surface area contributed by atoms with E-state index in [0.29, 0.717) is 0 Å². The maximum Gasteiger partial charge on any atom is 0.0602 e. The van der Waals surface area contributed by atoms with Crippen LogP contribution >= 0.6 is 0 Å². The topological polar surface area (TPSA) is 54.6 Å². The van der Waals surface area contributed by atoms with Gasteiger partial charge in [0, 0.05) is 52.4 Å². The second kappa shape index (κ2) is 15.1. The maximum atomic E-state index is 3.70. The van der Waals surface area contributed by atoms with Crippen molar-refractivity contribution in [2.45, 2.75) is 45.2 Å². The summed E-state index contributed by atoms with van der Waals surface area (Å²) in [5.74, 6) is 0. The number of benzene rings is 2. The zero-order valence-corrected chi connectivity index (χ0v) is 21.5. The molecule has 0 saturated carbocycles. The number of piperidine rings is 1. The molecule has 0 aromatic heterocycles. The van der Waals surface area contributed by atoms with Gasteiger partial charge in [0.2, 0.25) is 0 Å². The molecule has 4 N–H and O–H groups in total. The first-order valence-electron chi connectivity index (χ1n) is 13.9. The Morgan fingerprint density at radius 3 is 2.09 bits per heavy atom. The van der Waals surface area contributed by atoms with Crippen LogP contribution in [-0.2, 0) is 13.1 Å². The summed E-state index contributed by atoms with van der Waals surface area (Å²) in [5.41, 5.74) is 5.34. The summed E-state index contributed by atoms with van der Waals surface area (Å²) in [5, 5.41) is 14.4. The fraction of sp³-hybridized carbons (Fsp3) is 0.586. The molecule has 0 spiro atoms. The van der Waals surface area contributed by atoms with Crippen molar-refractivity contribution >= 4 is 11.4 Å². The van der Waals surface area contributed by atoms with Crippen molar-refractivity contribution in [3.8, 4) is 0 Å². The van der Waals surface area contributed by atoms with Crippen LogP contribution in [0.3, 0.4) is 0 Å². The third kappa shape index (κ3) is 9.12. The second-order valence-corrected chi connectivity index (χ2v) is 9.97. The fourth-order valence-electron chi connectivity index (χ4n) is 5.08. The van der Waals surface area contributed by atoms with Gasteiger partial charge >= 0.3 is 0 Å². The number of nitrogens with one attached hydrogen (secondary N) is 4. The minimum atomic E-state index is 0.860. The monoisotopic (exact) mass is 478 g/mol. The highest BCUT2D eigenvalue weighted by Crippen LogP contribution is 2.28. The minimum absolute atomic E-state index is 0.860. The summed E-state index contributed by atoms with van der Waals surface area (Å²) in [4.78, 5) is 5.14. The van der Waals surface area contributed by atoms with Crippen LogP contribution in [0.4, 0.5) is 11.4 Å². The summed E-state index contributed by atoms with van der Waals surface area (Å²) in [6.45, 7) is 12.9. The number of hydrogen-bond acceptors (Lipinski definition) is 6. The third-order valence-electron chi connectivity index (χ3n) is 7.13. The van der Waals surface area contributed by atoms with E-state index >= 15 is 0 Å². The Hall–Kier alpha value is -2.12. The lowest BCUT2D eigenvalue weighted by atomic mass is 10.1. The molecule has 2 aromatic rings. The fourth-order valence-corrected chi connectivity index (χ4v) is 5.08. The largest absolute Gasteiger partial charge is 0.379 e. The lowest BCUT2D eigenvalue weighted by Gasteiger charge is -2.30. The van der Waals surface area contributed by atoms with Crippen LogP contribution in [0.15, 0.2) is 48.5 Å². The van der Waals surface area contributed by atoms with Crippen molar-refractivity contribution in [3.05, 3.63) is 59.7 Å². The molecule has 6 nitrogen and oxygen atoms in total. The lowest BCUT2D eigenvalue weighted by Crippen LogP contribution is -2.36. The van der Waals surface area contributed by atoms with E-state index in [9.17, 15) is 0 Å². The molecule has 0 aliphatic carbocycles. The summed E-state index contributed by atoms with van der Waals surface area (Å²) in [6, 6.07) is 18.0. The molecule has 0 atom stereocenters. The van der Waals surface area contributed by atoms with Crippen LogP contribution in [0.25, 0.3) is 0 Å². The van der Waals surface area contributed by atoms with Crippen LogP contribution in [-0.4, -0.2) is 70.3 Å². The van der Waals surface area contributed by atoms with Crippen LogP contribution in [0.5, 0.6) is 0 Å². The predicted molar refractivity (Wildman–Crippen MR) is 149 cm³/mol. The van der Waals surface area contributed by atoms with Gasteiger partial charge in [0.1, 0.15) is 0 Å². The molecule has 4 rings (SSSR count). The van der Waals surface area contributed by atoms with Gasteiger partial charge in [-0.15, -0.1) is 0 Å². The number of para-hydroxylation sites is 2. The first-order valence-corrected chi connectivity index (χ1v) is 13.9. The summed E-state index contributed by atoms with van der Waals surface area (Å²) >= 11 is 0. The summed E-state index contributed by atoms with van der Waals surface area (Å²) in [7, 11) is 0. The van der Waals surface area contributed by atoms with Crippen LogP contribution < -0.4 is 26.2 Å². The molecule has 2 aromatic carbocycles. The minimum Gasteiger partial charge on any atom is -0.379 e. The Bertz CT molecular complexity index is 819. The van der Waals surface area contributed by atoms with Gasteiger partial charge in [-0.05, 0) is 81.5 Å². The van der Waals surface area contributed by atoms with Crippen molar-refractivity contribution in [1.29, 1.82) is 0 Å². The van der Waals surface area contributed by atoms with Crippen molar-refractivity contribution in [3.63, 3.8) is 0 Å². The van der Waals surface area contributed by atoms with E-state index in [1.54, 1.807) is 0 Å². The molecule has 2 fully saturated rings. The molecule has 2 aliphatic heterocycles. The molecule has 35 heavy (non-hydrogen) atoms. The van der Waals surface area contributed by atoms with Gasteiger partial charge in [0.25, 0.3) is 0 Å². The van der Waals surface area contributed by atoms with Gasteiger partial charge in [0.05, 0.1) is 11.4 Å². The van der Waals surface area contributed by atoms with Crippen molar-refractivity contribution in [2.75, 3.05) is 75.7 Å². The highest BCUT2D eigenvalue weighted by molar-refractivity contribution is 5.70. The maximum absolute atomic E-state index is 3.70. The molecule has 0 radical (unpaired) electrons. The predicted octanol–water partition coefficient (Wildman–Crippen LogP) is 3.65. The molecular weight excluding hydrogens is 432 g/mol. The zero-order valence-electron chi connectivity index (χ0n) is 21.5. The van der Waals surface area contributed by atoms with Gasteiger partial charge in [-0.25, -0.2) is 0 Å². The number of nitrogens with zero attached hydrogens (tertiary/aromatic N) is 2. The molecule has 0 unspecified atom stereocenters. The smallest absolute Gasteiger partial charge is 0.0602 e. The van der Waals surface area contributed by atoms with Gasteiger partial charge in [0.15, 0.2) is 0 Å². The average Bonchev–Trinajstić information content (AvgIpc) is 2.91. The molecule has 2 heterocycles. The zero-order chi connectivity index (χ0) is 24.0. The standard InChI is InChI=1S/C29H46N6/c1-4-21-35(22-5-1)29-9-3-2-8-28(29)33-24-26-10-12-27(13-11-26)25-34-20-7-16-31-18-17-30-14-6-15-32-19-23-34/h2-3,8-13,30-33H,1,4-7,14-25H2. The Morgan fingerprint density at radius 1 is 0.600 bits per heavy atom. The first-order chi connectivity index (χ1) is 17.4. The van der Waals surface area contributed by atoms with Gasteiger partial charge in [-0.3, -0.25) is 4.90 Å². The van der Waals surface area contributed by atoms with Crippen LogP contribution in [0, 0.1) is 0 Å². The van der Waals surface area contributed by atoms with Crippen molar-refractivity contribution < 1.29 is 0 Å². The van der Waals surface area contributed by atoms with Gasteiger partial charge in [-0.1, -0.05) is 36.4 Å². The number of hydrogen-bond donors (Lipinski definition) is 4. The van der Waals surface area contributed by atoms with E-state index in [1.165, 1.54) is 67.7 Å². The van der Waals surface area contributed by atoms with Crippen LogP contribution in [0.2, 0.25) is 0 Å². The van der Waals surface area contributed by atoms with Gasteiger partial charge < -0.3 is 26.2 Å². The van der Waals surface area contributed by atoms with E-state index in [0.717, 1.165) is 65.4 Å². The lowest BCUT2D eigenvalue weighted by molar-refractivity contribution is 0.260. The average molecular weight is 479 g/mol. The second-order valence-electron chi connectivity index (χ2n) is 9.97. The highest BCUT2D eigenvalue weighted by Gasteiger charge is 2.14. The SMILES string of the molecule is c1ccc(N2CCCCC2)c(NCc2ccc(CN3CCCNCCNCCCNCC3)cc2)c1. The van der Waals surface area contributed by atoms with Crippen LogP contribution in [0.1, 0.15) is 43.2 Å². The van der Waals surface area contributed by atoms with E-state index in [2.05, 4.69) is 79.6 Å². The summed E-state index contributed by atoms with van der Waals surface area (Å²) in [6.07, 6.45) is 6.35. The molecule has 192 valence electrons. The summed E-state index contributed by atoms with van der Waals surface area (Å²) < 4.78 is 0. The molecule has 0 amide bonds. The Labute approximate surface area is 212 Å².